The Bertz CT molecular complexity index is 989. The number of hydrogen-bond donors (Lipinski definition) is 1. The lowest BCUT2D eigenvalue weighted by Crippen LogP contribution is -2.41. The summed E-state index contributed by atoms with van der Waals surface area (Å²) in [7, 11) is -3.08. The molecule has 0 aliphatic carbocycles. The highest BCUT2D eigenvalue weighted by Gasteiger charge is 2.26. The molecule has 2 aromatic heterocycles. The topological polar surface area (TPSA) is 92.3 Å². The molecule has 1 aliphatic heterocycles. The second-order valence-corrected chi connectivity index (χ2v) is 10.0. The van der Waals surface area contributed by atoms with E-state index in [9.17, 15) is 13.2 Å². The molecular weight excluding hydrogens is 412 g/mol. The summed E-state index contributed by atoms with van der Waals surface area (Å²) in [5.74, 6) is 0.574. The first kappa shape index (κ1) is 21.5. The zero-order valence-electron chi connectivity index (χ0n) is 16.6. The minimum absolute atomic E-state index is 0.0397. The van der Waals surface area contributed by atoms with Gasteiger partial charge in [0.2, 0.25) is 5.91 Å². The zero-order valence-corrected chi connectivity index (χ0v) is 18.1. The number of amides is 1. The number of rotatable bonds is 6. The van der Waals surface area contributed by atoms with Crippen LogP contribution in [-0.4, -0.2) is 55.9 Å². The van der Waals surface area contributed by atoms with E-state index >= 15 is 0 Å². The van der Waals surface area contributed by atoms with Crippen molar-refractivity contribution in [1.82, 2.24) is 15.3 Å². The van der Waals surface area contributed by atoms with Gasteiger partial charge in [-0.2, -0.15) is 0 Å². The maximum atomic E-state index is 12.3. The van der Waals surface area contributed by atoms with E-state index in [-0.39, 0.29) is 24.1 Å². The highest BCUT2D eigenvalue weighted by atomic mass is 35.5. The smallest absolute Gasteiger partial charge is 0.223 e. The number of aryl methyl sites for hydroxylation is 1. The van der Waals surface area contributed by atoms with Crippen molar-refractivity contribution in [2.24, 2.45) is 5.92 Å². The monoisotopic (exact) mass is 436 g/mol. The van der Waals surface area contributed by atoms with Crippen molar-refractivity contribution >= 4 is 33.2 Å². The average Bonchev–Trinajstić information content (AvgIpc) is 2.68. The van der Waals surface area contributed by atoms with Crippen molar-refractivity contribution in [3.8, 4) is 11.3 Å². The second-order valence-electron chi connectivity index (χ2n) is 7.37. The van der Waals surface area contributed by atoms with Crippen LogP contribution in [0.1, 0.15) is 18.4 Å². The Balaban J connectivity index is 1.63. The Morgan fingerprint density at radius 2 is 2.03 bits per heavy atom. The van der Waals surface area contributed by atoms with Crippen LogP contribution in [0.2, 0.25) is 5.02 Å². The molecule has 1 N–H and O–H groups in total. The van der Waals surface area contributed by atoms with Crippen molar-refractivity contribution in [2.45, 2.75) is 19.8 Å². The molecule has 1 fully saturated rings. The van der Waals surface area contributed by atoms with Crippen molar-refractivity contribution < 1.29 is 13.2 Å². The minimum Gasteiger partial charge on any atom is -0.357 e. The molecule has 3 heterocycles. The molecule has 7 nitrogen and oxygen atoms in total. The third-order valence-electron chi connectivity index (χ3n) is 5.07. The average molecular weight is 437 g/mol. The number of halogens is 1. The number of aromatic nitrogens is 2. The summed E-state index contributed by atoms with van der Waals surface area (Å²) in [4.78, 5) is 23.3. The van der Waals surface area contributed by atoms with Gasteiger partial charge in [0.1, 0.15) is 15.7 Å². The maximum absolute atomic E-state index is 12.3. The molecule has 1 saturated heterocycles. The normalized spacial score (nSPS) is 15.3. The molecule has 0 atom stereocenters. The number of anilines is 1. The lowest BCUT2D eigenvalue weighted by molar-refractivity contribution is -0.125. The molecule has 0 bridgehead atoms. The van der Waals surface area contributed by atoms with Gasteiger partial charge in [0.05, 0.1) is 16.5 Å². The summed E-state index contributed by atoms with van der Waals surface area (Å²) >= 11 is 6.37. The highest BCUT2D eigenvalue weighted by molar-refractivity contribution is 7.90. The minimum atomic E-state index is -3.08. The Morgan fingerprint density at radius 3 is 2.69 bits per heavy atom. The third kappa shape index (κ3) is 5.67. The number of sulfone groups is 1. The summed E-state index contributed by atoms with van der Waals surface area (Å²) in [6.07, 6.45) is 5.92. The van der Waals surface area contributed by atoms with Gasteiger partial charge in [0, 0.05) is 49.8 Å². The van der Waals surface area contributed by atoms with Gasteiger partial charge in [0.15, 0.2) is 0 Å². The summed E-state index contributed by atoms with van der Waals surface area (Å²) in [6, 6.07) is 5.83. The second kappa shape index (κ2) is 9.09. The first-order chi connectivity index (χ1) is 13.7. The van der Waals surface area contributed by atoms with E-state index in [1.807, 2.05) is 25.1 Å². The van der Waals surface area contributed by atoms with Crippen LogP contribution in [0.15, 0.2) is 30.6 Å². The molecule has 0 unspecified atom stereocenters. The maximum Gasteiger partial charge on any atom is 0.223 e. The van der Waals surface area contributed by atoms with E-state index in [0.717, 1.165) is 28.9 Å². The van der Waals surface area contributed by atoms with Gasteiger partial charge in [-0.1, -0.05) is 17.7 Å². The van der Waals surface area contributed by atoms with Gasteiger partial charge in [-0.3, -0.25) is 9.78 Å². The summed E-state index contributed by atoms with van der Waals surface area (Å²) in [5.41, 5.74) is 2.72. The Labute approximate surface area is 176 Å². The third-order valence-corrected chi connectivity index (χ3v) is 6.31. The summed E-state index contributed by atoms with van der Waals surface area (Å²) < 4.78 is 22.4. The molecule has 9 heteroatoms. The van der Waals surface area contributed by atoms with Crippen LogP contribution in [-0.2, 0) is 14.6 Å². The van der Waals surface area contributed by atoms with Gasteiger partial charge in [-0.05, 0) is 37.5 Å². The SMILES string of the molecule is Cc1cccnc1-c1cc(N2CCC(C(=O)NCCS(C)(=O)=O)CC2)ncc1Cl. The summed E-state index contributed by atoms with van der Waals surface area (Å²) in [5, 5.41) is 3.28. The van der Waals surface area contributed by atoms with Crippen LogP contribution in [0.4, 0.5) is 5.82 Å². The Hall–Kier alpha value is -2.19. The van der Waals surface area contributed by atoms with Crippen LogP contribution < -0.4 is 10.2 Å². The Kier molecular flexibility index (Phi) is 6.74. The highest BCUT2D eigenvalue weighted by Crippen LogP contribution is 2.32. The lowest BCUT2D eigenvalue weighted by atomic mass is 9.95. The van der Waals surface area contributed by atoms with Gasteiger partial charge in [0.25, 0.3) is 0 Å². The number of nitrogens with zero attached hydrogens (tertiary/aromatic N) is 3. The fraction of sp³-hybridized carbons (Fsp3) is 0.450. The fourth-order valence-electron chi connectivity index (χ4n) is 3.42. The number of carbonyl (C=O) groups is 1. The van der Waals surface area contributed by atoms with Crippen molar-refractivity contribution in [1.29, 1.82) is 0 Å². The lowest BCUT2D eigenvalue weighted by Gasteiger charge is -2.32. The summed E-state index contributed by atoms with van der Waals surface area (Å²) in [6.45, 7) is 3.54. The fourth-order valence-corrected chi connectivity index (χ4v) is 4.09. The molecule has 1 amide bonds. The molecule has 29 heavy (non-hydrogen) atoms. The van der Waals surface area contributed by atoms with Gasteiger partial charge in [-0.15, -0.1) is 0 Å². The number of hydrogen-bond acceptors (Lipinski definition) is 6. The molecule has 0 aromatic carbocycles. The number of piperidine rings is 1. The van der Waals surface area contributed by atoms with Crippen molar-refractivity contribution in [3.05, 3.63) is 41.2 Å². The van der Waals surface area contributed by atoms with Gasteiger partial charge in [-0.25, -0.2) is 13.4 Å². The van der Waals surface area contributed by atoms with Crippen LogP contribution in [0.5, 0.6) is 0 Å². The molecule has 2 aromatic rings. The van der Waals surface area contributed by atoms with Crippen molar-refractivity contribution in [2.75, 3.05) is 36.5 Å². The van der Waals surface area contributed by atoms with E-state index in [1.54, 1.807) is 12.4 Å². The van der Waals surface area contributed by atoms with E-state index in [4.69, 9.17) is 11.6 Å². The molecule has 1 aliphatic rings. The van der Waals surface area contributed by atoms with E-state index in [2.05, 4.69) is 20.2 Å². The largest absolute Gasteiger partial charge is 0.357 e. The van der Waals surface area contributed by atoms with Gasteiger partial charge < -0.3 is 10.2 Å². The van der Waals surface area contributed by atoms with E-state index in [1.165, 1.54) is 0 Å². The molecular formula is C20H25ClN4O3S. The van der Waals surface area contributed by atoms with Crippen LogP contribution in [0.25, 0.3) is 11.3 Å². The first-order valence-corrected chi connectivity index (χ1v) is 12.0. The van der Waals surface area contributed by atoms with E-state index in [0.29, 0.717) is 31.0 Å². The van der Waals surface area contributed by atoms with E-state index < -0.39 is 9.84 Å². The predicted octanol–water partition coefficient (Wildman–Crippen LogP) is 2.48. The molecule has 156 valence electrons. The zero-order chi connectivity index (χ0) is 21.0. The number of nitrogens with one attached hydrogen (secondary N) is 1. The van der Waals surface area contributed by atoms with Crippen LogP contribution in [0, 0.1) is 12.8 Å². The quantitative estimate of drug-likeness (QED) is 0.747. The molecule has 3 rings (SSSR count). The van der Waals surface area contributed by atoms with Crippen LogP contribution >= 0.6 is 11.6 Å². The van der Waals surface area contributed by atoms with Crippen LogP contribution in [0.3, 0.4) is 0 Å². The number of pyridine rings is 2. The standard InChI is InChI=1S/C20H25ClN4O3S/c1-14-4-3-7-22-19(14)16-12-18(24-13-17(16)21)25-9-5-15(6-10-25)20(26)23-8-11-29(2,27)28/h3-4,7,12-13,15H,5-6,8-11H2,1-2H3,(H,23,26). The number of carbonyl (C=O) groups excluding carboxylic acids is 1. The predicted molar refractivity (Wildman–Crippen MR) is 115 cm³/mol. The Morgan fingerprint density at radius 1 is 1.31 bits per heavy atom. The molecule has 0 saturated carbocycles. The first-order valence-electron chi connectivity index (χ1n) is 9.52. The van der Waals surface area contributed by atoms with Crippen molar-refractivity contribution in [3.63, 3.8) is 0 Å². The van der Waals surface area contributed by atoms with Gasteiger partial charge >= 0.3 is 0 Å². The molecule has 0 radical (unpaired) electrons. The molecule has 0 spiro atoms.